The van der Waals surface area contributed by atoms with Gasteiger partial charge in [0.15, 0.2) is 0 Å². The zero-order valence-electron chi connectivity index (χ0n) is 16.6. The molecule has 27 heavy (non-hydrogen) atoms. The fraction of sp³-hybridized carbons (Fsp3) is 0.364. The number of para-hydroxylation sites is 1. The van der Waals surface area contributed by atoms with Crippen molar-refractivity contribution in [2.75, 3.05) is 18.9 Å². The maximum atomic E-state index is 12.6. The largest absolute Gasteiger partial charge is 0.341 e. The van der Waals surface area contributed by atoms with Crippen LogP contribution < -0.4 is 10.6 Å². The zero-order chi connectivity index (χ0) is 19.8. The number of benzene rings is 2. The van der Waals surface area contributed by atoms with Crippen molar-refractivity contribution in [2.45, 2.75) is 33.9 Å². The van der Waals surface area contributed by atoms with Crippen LogP contribution in [-0.2, 0) is 17.9 Å². The number of hydrogen-bond donors (Lipinski definition) is 2. The minimum absolute atomic E-state index is 0.0256. The van der Waals surface area contributed by atoms with E-state index in [1.54, 1.807) is 24.1 Å². The molecule has 0 spiro atoms. The second-order valence-electron chi connectivity index (χ2n) is 6.94. The first kappa shape index (κ1) is 20.6. The van der Waals surface area contributed by atoms with Crippen LogP contribution in [0.1, 0.15) is 42.3 Å². The highest BCUT2D eigenvalue weighted by atomic mass is 16.2. The molecule has 2 amide bonds. The molecule has 144 valence electrons. The van der Waals surface area contributed by atoms with Crippen molar-refractivity contribution in [1.29, 1.82) is 0 Å². The second kappa shape index (κ2) is 9.88. The highest BCUT2D eigenvalue weighted by molar-refractivity contribution is 6.04. The summed E-state index contributed by atoms with van der Waals surface area (Å²) in [6.07, 6.45) is 0. The number of hydrogen-bond acceptors (Lipinski definition) is 3. The first-order valence-corrected chi connectivity index (χ1v) is 9.36. The molecule has 0 saturated heterocycles. The maximum absolute atomic E-state index is 12.6. The van der Waals surface area contributed by atoms with E-state index in [4.69, 9.17) is 0 Å². The predicted molar refractivity (Wildman–Crippen MR) is 110 cm³/mol. The summed E-state index contributed by atoms with van der Waals surface area (Å²) >= 11 is 0. The molecule has 0 aliphatic carbocycles. The van der Waals surface area contributed by atoms with E-state index in [0.29, 0.717) is 18.7 Å². The average Bonchev–Trinajstić information content (AvgIpc) is 2.67. The van der Waals surface area contributed by atoms with Gasteiger partial charge in [-0.1, -0.05) is 51.1 Å². The molecule has 0 atom stereocenters. The molecule has 5 heteroatoms. The van der Waals surface area contributed by atoms with E-state index in [1.165, 1.54) is 0 Å². The number of amides is 2. The lowest BCUT2D eigenvalue weighted by Gasteiger charge is -2.19. The minimum Gasteiger partial charge on any atom is -0.341 e. The molecule has 0 aliphatic heterocycles. The van der Waals surface area contributed by atoms with Gasteiger partial charge in [0.05, 0.1) is 0 Å². The predicted octanol–water partition coefficient (Wildman–Crippen LogP) is 3.66. The van der Waals surface area contributed by atoms with Crippen molar-refractivity contribution >= 4 is 17.5 Å². The molecule has 0 aromatic heterocycles. The monoisotopic (exact) mass is 367 g/mol. The van der Waals surface area contributed by atoms with Crippen molar-refractivity contribution in [3.05, 3.63) is 65.2 Å². The highest BCUT2D eigenvalue weighted by Gasteiger charge is 2.14. The van der Waals surface area contributed by atoms with Gasteiger partial charge in [-0.05, 0) is 35.9 Å². The van der Waals surface area contributed by atoms with E-state index in [9.17, 15) is 9.59 Å². The molecular weight excluding hydrogens is 338 g/mol. The lowest BCUT2D eigenvalue weighted by molar-refractivity contribution is -0.133. The van der Waals surface area contributed by atoms with Crippen LogP contribution in [0.2, 0.25) is 0 Å². The number of carbonyl (C=O) groups is 2. The van der Waals surface area contributed by atoms with Crippen LogP contribution in [0.4, 0.5) is 5.69 Å². The molecule has 2 aromatic carbocycles. The van der Waals surface area contributed by atoms with Gasteiger partial charge in [0.25, 0.3) is 5.91 Å². The summed E-state index contributed by atoms with van der Waals surface area (Å²) in [5.41, 5.74) is 3.46. The average molecular weight is 367 g/mol. The van der Waals surface area contributed by atoms with Gasteiger partial charge in [0.2, 0.25) is 5.91 Å². The molecule has 0 saturated carbocycles. The maximum Gasteiger partial charge on any atom is 0.255 e. The zero-order valence-corrected chi connectivity index (χ0v) is 16.6. The van der Waals surface area contributed by atoms with E-state index in [-0.39, 0.29) is 17.7 Å². The smallest absolute Gasteiger partial charge is 0.255 e. The lowest BCUT2D eigenvalue weighted by atomic mass is 10.1. The molecule has 0 fully saturated rings. The van der Waals surface area contributed by atoms with Gasteiger partial charge >= 0.3 is 0 Å². The second-order valence-corrected chi connectivity index (χ2v) is 6.94. The summed E-state index contributed by atoms with van der Waals surface area (Å²) < 4.78 is 0. The van der Waals surface area contributed by atoms with Gasteiger partial charge in [-0.15, -0.1) is 0 Å². The van der Waals surface area contributed by atoms with Crippen LogP contribution in [-0.4, -0.2) is 30.3 Å². The Bertz CT molecular complexity index is 769. The van der Waals surface area contributed by atoms with Gasteiger partial charge < -0.3 is 15.5 Å². The van der Waals surface area contributed by atoms with Crippen LogP contribution >= 0.6 is 0 Å². The third-order valence-corrected chi connectivity index (χ3v) is 4.34. The normalized spacial score (nSPS) is 10.7. The molecule has 2 rings (SSSR count). The number of nitrogens with one attached hydrogen (secondary N) is 2. The SMILES string of the molecule is CCNCc1ccccc1NC(=O)c1ccc(CN(C)C(=O)C(C)C)cc1. The van der Waals surface area contributed by atoms with Crippen molar-refractivity contribution in [3.63, 3.8) is 0 Å². The summed E-state index contributed by atoms with van der Waals surface area (Å²) in [4.78, 5) is 26.3. The van der Waals surface area contributed by atoms with E-state index in [1.807, 2.05) is 50.2 Å². The Labute approximate surface area is 161 Å². The Morgan fingerprint density at radius 1 is 1.04 bits per heavy atom. The molecule has 0 bridgehead atoms. The first-order chi connectivity index (χ1) is 12.9. The van der Waals surface area contributed by atoms with Gasteiger partial charge in [-0.3, -0.25) is 9.59 Å². The molecule has 0 heterocycles. The topological polar surface area (TPSA) is 61.4 Å². The standard InChI is InChI=1S/C22H29N3O2/c1-5-23-14-19-8-6-7-9-20(19)24-21(26)18-12-10-17(11-13-18)15-25(4)22(27)16(2)3/h6-13,16,23H,5,14-15H2,1-4H3,(H,24,26). The fourth-order valence-electron chi connectivity index (χ4n) is 2.80. The molecule has 0 aliphatic rings. The van der Waals surface area contributed by atoms with E-state index >= 15 is 0 Å². The number of nitrogens with zero attached hydrogens (tertiary/aromatic N) is 1. The molecular formula is C22H29N3O2. The fourth-order valence-corrected chi connectivity index (χ4v) is 2.80. The van der Waals surface area contributed by atoms with E-state index in [0.717, 1.165) is 23.4 Å². The molecule has 2 N–H and O–H groups in total. The van der Waals surface area contributed by atoms with Crippen LogP contribution in [0.3, 0.4) is 0 Å². The van der Waals surface area contributed by atoms with E-state index < -0.39 is 0 Å². The summed E-state index contributed by atoms with van der Waals surface area (Å²) in [6, 6.07) is 15.2. The lowest BCUT2D eigenvalue weighted by Crippen LogP contribution is -2.29. The Kier molecular flexibility index (Phi) is 7.55. The molecule has 2 aromatic rings. The van der Waals surface area contributed by atoms with Crippen LogP contribution in [0.25, 0.3) is 0 Å². The third kappa shape index (κ3) is 5.93. The van der Waals surface area contributed by atoms with Gasteiger partial charge in [-0.2, -0.15) is 0 Å². The van der Waals surface area contributed by atoms with Crippen molar-refractivity contribution in [1.82, 2.24) is 10.2 Å². The Hall–Kier alpha value is -2.66. The van der Waals surface area contributed by atoms with Crippen molar-refractivity contribution in [3.8, 4) is 0 Å². The number of carbonyl (C=O) groups excluding carboxylic acids is 2. The Morgan fingerprint density at radius 3 is 2.33 bits per heavy atom. The summed E-state index contributed by atoms with van der Waals surface area (Å²) in [6.45, 7) is 7.94. The molecule has 5 nitrogen and oxygen atoms in total. The summed E-state index contributed by atoms with van der Waals surface area (Å²) in [5.74, 6) is -0.0615. The van der Waals surface area contributed by atoms with Crippen LogP contribution in [0.5, 0.6) is 0 Å². The minimum atomic E-state index is -0.142. The van der Waals surface area contributed by atoms with Crippen molar-refractivity contribution in [2.24, 2.45) is 5.92 Å². The highest BCUT2D eigenvalue weighted by Crippen LogP contribution is 2.17. The summed E-state index contributed by atoms with van der Waals surface area (Å²) in [5, 5.41) is 6.26. The Morgan fingerprint density at radius 2 is 1.70 bits per heavy atom. The molecule has 0 unspecified atom stereocenters. The number of rotatable bonds is 8. The van der Waals surface area contributed by atoms with Crippen LogP contribution in [0.15, 0.2) is 48.5 Å². The van der Waals surface area contributed by atoms with Crippen molar-refractivity contribution < 1.29 is 9.59 Å². The third-order valence-electron chi connectivity index (χ3n) is 4.34. The van der Waals surface area contributed by atoms with Gasteiger partial charge in [0.1, 0.15) is 0 Å². The van der Waals surface area contributed by atoms with Gasteiger partial charge in [0, 0.05) is 37.3 Å². The van der Waals surface area contributed by atoms with E-state index in [2.05, 4.69) is 17.6 Å². The Balaban J connectivity index is 2.03. The van der Waals surface area contributed by atoms with Crippen LogP contribution in [0, 0.1) is 5.92 Å². The number of anilines is 1. The quantitative estimate of drug-likeness (QED) is 0.748. The molecule has 0 radical (unpaired) electrons. The van der Waals surface area contributed by atoms with Gasteiger partial charge in [-0.25, -0.2) is 0 Å². The first-order valence-electron chi connectivity index (χ1n) is 9.36. The summed E-state index contributed by atoms with van der Waals surface area (Å²) in [7, 11) is 1.80.